The molecule has 12 rings (SSSR count). The molecule has 0 saturated heterocycles. The molecule has 59 heavy (non-hydrogen) atoms. The Labute approximate surface area is 340 Å². The Hall–Kier alpha value is -7.95. The van der Waals surface area contributed by atoms with Crippen LogP contribution in [0.2, 0.25) is 0 Å². The van der Waals surface area contributed by atoms with Crippen molar-refractivity contribution in [1.82, 2.24) is 19.7 Å². The van der Waals surface area contributed by atoms with Crippen molar-refractivity contribution in [3.8, 4) is 62.0 Å². The van der Waals surface area contributed by atoms with Crippen LogP contribution in [0.3, 0.4) is 0 Å². The van der Waals surface area contributed by atoms with Crippen molar-refractivity contribution in [2.45, 2.75) is 0 Å². The highest BCUT2D eigenvalue weighted by atomic mass is 15.3. The number of hydrogen-bond acceptors (Lipinski definition) is 3. The van der Waals surface area contributed by atoms with Gasteiger partial charge in [-0.25, -0.2) is 0 Å². The quantitative estimate of drug-likeness (QED) is 0.159. The van der Waals surface area contributed by atoms with Gasteiger partial charge in [-0.05, 0) is 113 Å². The van der Waals surface area contributed by atoms with E-state index in [1.165, 1.54) is 76.1 Å². The zero-order valence-electron chi connectivity index (χ0n) is 31.9. The Bertz CT molecular complexity index is 3480. The second-order valence-electron chi connectivity index (χ2n) is 15.3. The minimum absolute atomic E-state index is 0.767. The summed E-state index contributed by atoms with van der Waals surface area (Å²) in [6.07, 6.45) is 1.95. The van der Waals surface area contributed by atoms with E-state index in [-0.39, 0.29) is 0 Å². The van der Waals surface area contributed by atoms with Gasteiger partial charge in [0.25, 0.3) is 0 Å². The molecule has 0 aliphatic heterocycles. The third kappa shape index (κ3) is 5.42. The summed E-state index contributed by atoms with van der Waals surface area (Å²) in [4.78, 5) is 5.19. The predicted molar refractivity (Wildman–Crippen MR) is 245 cm³/mol. The van der Waals surface area contributed by atoms with E-state index in [1.54, 1.807) is 0 Å². The van der Waals surface area contributed by atoms with E-state index in [1.807, 2.05) is 42.6 Å². The third-order valence-corrected chi connectivity index (χ3v) is 11.9. The number of nitrogens with zero attached hydrogens (tertiary/aromatic N) is 4. The highest BCUT2D eigenvalue weighted by Crippen LogP contribution is 2.49. The molecule has 10 aromatic carbocycles. The van der Waals surface area contributed by atoms with Gasteiger partial charge in [0.1, 0.15) is 0 Å². The highest BCUT2D eigenvalue weighted by Gasteiger charge is 2.23. The average Bonchev–Trinajstić information content (AvgIpc) is 3.76. The maximum Gasteiger partial charge on any atom is 0.168 e. The van der Waals surface area contributed by atoms with Crippen LogP contribution in [0.25, 0.3) is 116 Å². The van der Waals surface area contributed by atoms with Gasteiger partial charge in [0.05, 0.1) is 17.6 Å². The maximum atomic E-state index is 5.19. The molecule has 0 spiro atoms. The molecule has 0 unspecified atom stereocenters. The van der Waals surface area contributed by atoms with E-state index in [0.29, 0.717) is 0 Å². The number of aromatic nitrogens is 4. The van der Waals surface area contributed by atoms with Crippen LogP contribution in [0, 0.1) is 0 Å². The zero-order valence-corrected chi connectivity index (χ0v) is 31.9. The van der Waals surface area contributed by atoms with Crippen LogP contribution in [0.4, 0.5) is 0 Å². The van der Waals surface area contributed by atoms with E-state index in [4.69, 9.17) is 15.2 Å². The molecule has 0 saturated carbocycles. The van der Waals surface area contributed by atoms with E-state index >= 15 is 0 Å². The van der Waals surface area contributed by atoms with Crippen LogP contribution in [0.1, 0.15) is 0 Å². The van der Waals surface area contributed by atoms with Gasteiger partial charge >= 0.3 is 0 Å². The topological polar surface area (TPSA) is 43.6 Å². The van der Waals surface area contributed by atoms with Crippen molar-refractivity contribution in [2.75, 3.05) is 0 Å². The fraction of sp³-hybridized carbons (Fsp3) is 0. The molecular formula is C55H34N4. The molecule has 4 heteroatoms. The summed E-state index contributed by atoms with van der Waals surface area (Å²) < 4.78 is 2.11. The minimum atomic E-state index is 0.767. The first-order valence-corrected chi connectivity index (χ1v) is 20.0. The highest BCUT2D eigenvalue weighted by molar-refractivity contribution is 6.31. The molecule has 4 nitrogen and oxygen atoms in total. The van der Waals surface area contributed by atoms with Gasteiger partial charge in [-0.2, -0.15) is 0 Å². The molecular weight excluding hydrogens is 717 g/mol. The molecule has 2 heterocycles. The van der Waals surface area contributed by atoms with Gasteiger partial charge in [0, 0.05) is 16.7 Å². The van der Waals surface area contributed by atoms with E-state index in [0.717, 1.165) is 39.7 Å². The number of benzene rings is 10. The van der Waals surface area contributed by atoms with E-state index < -0.39 is 0 Å². The Morgan fingerprint density at radius 1 is 0.322 bits per heavy atom. The van der Waals surface area contributed by atoms with Gasteiger partial charge in [-0.15, -0.1) is 10.2 Å². The van der Waals surface area contributed by atoms with Crippen LogP contribution in [0.15, 0.2) is 206 Å². The summed E-state index contributed by atoms with van der Waals surface area (Å²) in [7, 11) is 0. The lowest BCUT2D eigenvalue weighted by molar-refractivity contribution is 1.05. The Balaban J connectivity index is 1.11. The summed E-state index contributed by atoms with van der Waals surface area (Å²) in [5.41, 5.74) is 9.68. The first-order chi connectivity index (χ1) is 29.2. The van der Waals surface area contributed by atoms with Gasteiger partial charge < -0.3 is 0 Å². The van der Waals surface area contributed by atoms with E-state index in [2.05, 4.69) is 168 Å². The minimum Gasteiger partial charge on any atom is -0.273 e. The van der Waals surface area contributed by atoms with E-state index in [9.17, 15) is 0 Å². The normalized spacial score (nSPS) is 11.7. The Kier molecular flexibility index (Phi) is 7.50. The summed E-state index contributed by atoms with van der Waals surface area (Å²) in [6.45, 7) is 0. The third-order valence-electron chi connectivity index (χ3n) is 11.9. The summed E-state index contributed by atoms with van der Waals surface area (Å²) in [5, 5.41) is 21.7. The molecule has 0 fully saturated rings. The van der Waals surface area contributed by atoms with Crippen molar-refractivity contribution >= 4 is 53.9 Å². The van der Waals surface area contributed by atoms with Gasteiger partial charge in [0.15, 0.2) is 11.6 Å². The van der Waals surface area contributed by atoms with Gasteiger partial charge in [-0.1, -0.05) is 164 Å². The second kappa shape index (κ2) is 13.3. The lowest BCUT2D eigenvalue weighted by atomic mass is 9.81. The number of hydrogen-bond donors (Lipinski definition) is 0. The number of pyridine rings is 1. The smallest absolute Gasteiger partial charge is 0.168 e. The standard InChI is InChI=1S/C55H34N4/c1-3-14-38(15-4-1)54-57-58-55(39-16-5-2-6-17-39)59(54)46-28-29-49(56-34-46)45-32-44-27-24-37-20-11-21-47-50(37)52(44)48(33-45)53(43-26-23-36-13-8-10-19-41(36)31-43)51(47)42-25-22-35-12-7-9-18-40(35)30-42/h1-34H. The summed E-state index contributed by atoms with van der Waals surface area (Å²) in [5.74, 6) is 1.53. The first-order valence-electron chi connectivity index (χ1n) is 20.0. The van der Waals surface area contributed by atoms with Crippen LogP contribution in [-0.2, 0) is 0 Å². The van der Waals surface area contributed by atoms with Crippen molar-refractivity contribution in [1.29, 1.82) is 0 Å². The Morgan fingerprint density at radius 3 is 1.44 bits per heavy atom. The van der Waals surface area contributed by atoms with Crippen LogP contribution < -0.4 is 0 Å². The van der Waals surface area contributed by atoms with Crippen molar-refractivity contribution in [3.63, 3.8) is 0 Å². The average molecular weight is 751 g/mol. The van der Waals surface area contributed by atoms with Crippen molar-refractivity contribution in [2.24, 2.45) is 0 Å². The molecule has 0 bridgehead atoms. The molecule has 0 atom stereocenters. The molecule has 0 amide bonds. The first kappa shape index (κ1) is 33.2. The summed E-state index contributed by atoms with van der Waals surface area (Å²) in [6, 6.07) is 71.8. The summed E-state index contributed by atoms with van der Waals surface area (Å²) >= 11 is 0. The van der Waals surface area contributed by atoms with Crippen LogP contribution in [-0.4, -0.2) is 19.7 Å². The molecule has 2 aromatic heterocycles. The molecule has 0 aliphatic carbocycles. The fourth-order valence-electron chi connectivity index (χ4n) is 9.12. The SMILES string of the molecule is c1ccc(-c2nnc(-c3ccccc3)n2-c2ccc(-c3cc4ccc5cccc6c(-c7ccc8ccccc8c7)c(-c7ccc8ccccc8c7)c(c3)c4c56)nc2)cc1. The van der Waals surface area contributed by atoms with Crippen LogP contribution >= 0.6 is 0 Å². The predicted octanol–water partition coefficient (Wildman–Crippen LogP) is 14.2. The second-order valence-corrected chi connectivity index (χ2v) is 15.3. The molecule has 0 N–H and O–H groups in total. The molecule has 0 aliphatic rings. The van der Waals surface area contributed by atoms with Gasteiger partial charge in [-0.3, -0.25) is 9.55 Å². The number of fused-ring (bicyclic) bond motifs is 2. The zero-order chi connectivity index (χ0) is 38.9. The van der Waals surface area contributed by atoms with Crippen molar-refractivity contribution < 1.29 is 0 Å². The fourth-order valence-corrected chi connectivity index (χ4v) is 9.12. The lowest BCUT2D eigenvalue weighted by Gasteiger charge is -2.22. The Morgan fingerprint density at radius 2 is 0.831 bits per heavy atom. The number of rotatable bonds is 6. The van der Waals surface area contributed by atoms with Crippen molar-refractivity contribution in [3.05, 3.63) is 206 Å². The van der Waals surface area contributed by atoms with Gasteiger partial charge in [0.2, 0.25) is 0 Å². The maximum absolute atomic E-state index is 5.19. The molecule has 12 aromatic rings. The monoisotopic (exact) mass is 750 g/mol. The molecule has 0 radical (unpaired) electrons. The largest absolute Gasteiger partial charge is 0.273 e. The van der Waals surface area contributed by atoms with Crippen LogP contribution in [0.5, 0.6) is 0 Å². The molecule has 274 valence electrons. The lowest BCUT2D eigenvalue weighted by Crippen LogP contribution is -2.01.